The van der Waals surface area contributed by atoms with E-state index < -0.39 is 16.7 Å². The fourth-order valence-corrected chi connectivity index (χ4v) is 1.90. The molecule has 0 amide bonds. The predicted octanol–water partition coefficient (Wildman–Crippen LogP) is 1.51. The van der Waals surface area contributed by atoms with Crippen LogP contribution in [0.15, 0.2) is 29.1 Å². The fourth-order valence-electron chi connectivity index (χ4n) is 1.90. The lowest BCUT2D eigenvalue weighted by Gasteiger charge is -2.26. The van der Waals surface area contributed by atoms with E-state index >= 15 is 0 Å². The Labute approximate surface area is 120 Å². The minimum absolute atomic E-state index is 0.101. The molecule has 2 aromatic rings. The Hall–Kier alpha value is -2.48. The van der Waals surface area contributed by atoms with Crippen molar-refractivity contribution in [2.24, 2.45) is 11.1 Å². The molecular weight excluding hydrogens is 274 g/mol. The van der Waals surface area contributed by atoms with Gasteiger partial charge < -0.3 is 5.73 Å². The number of hydrogen-bond acceptors (Lipinski definition) is 5. The van der Waals surface area contributed by atoms with Crippen molar-refractivity contribution in [3.8, 4) is 5.69 Å². The van der Waals surface area contributed by atoms with Gasteiger partial charge in [-0.25, -0.2) is 14.5 Å². The molecule has 8 heteroatoms. The van der Waals surface area contributed by atoms with Crippen LogP contribution in [0.2, 0.25) is 0 Å². The zero-order valence-electron chi connectivity index (χ0n) is 12.0. The smallest absolute Gasteiger partial charge is 0.321 e. The van der Waals surface area contributed by atoms with Crippen LogP contribution in [0.5, 0.6) is 0 Å². The van der Waals surface area contributed by atoms with Crippen molar-refractivity contribution in [1.29, 1.82) is 0 Å². The maximum Gasteiger partial charge on any atom is 0.347 e. The Bertz CT molecular complexity index is 726. The van der Waals surface area contributed by atoms with Crippen molar-refractivity contribution in [2.45, 2.75) is 26.8 Å². The summed E-state index contributed by atoms with van der Waals surface area (Å²) in [5.74, 6) is 0.341. The van der Waals surface area contributed by atoms with Crippen LogP contribution >= 0.6 is 0 Å². The number of non-ortho nitro benzene ring substituents is 1. The molecule has 1 atom stereocenters. The lowest BCUT2D eigenvalue weighted by molar-refractivity contribution is -0.384. The Kier molecular flexibility index (Phi) is 3.65. The minimum atomic E-state index is -0.516. The van der Waals surface area contributed by atoms with Gasteiger partial charge in [0.25, 0.3) is 5.69 Å². The molecule has 0 aliphatic heterocycles. The monoisotopic (exact) mass is 291 g/mol. The van der Waals surface area contributed by atoms with Gasteiger partial charge in [-0.3, -0.25) is 10.1 Å². The van der Waals surface area contributed by atoms with Crippen molar-refractivity contribution in [2.75, 3.05) is 0 Å². The zero-order valence-corrected chi connectivity index (χ0v) is 12.0. The topological polar surface area (TPSA) is 120 Å². The first-order chi connectivity index (χ1) is 9.71. The molecule has 0 radical (unpaired) electrons. The molecule has 0 saturated heterocycles. The Morgan fingerprint density at radius 3 is 2.67 bits per heavy atom. The van der Waals surface area contributed by atoms with Gasteiger partial charge in [-0.15, -0.1) is 0 Å². The fraction of sp³-hybridized carbons (Fsp3) is 0.385. The van der Waals surface area contributed by atoms with E-state index in [-0.39, 0.29) is 11.1 Å². The molecule has 1 aromatic carbocycles. The number of nitrogens with zero attached hydrogens (tertiary/aromatic N) is 3. The SMILES string of the molecule is CC(C)(C)[C@H](N)c1n[nH]c(=O)n1-c1cccc([N+](=O)[O-])c1. The van der Waals surface area contributed by atoms with E-state index in [0.29, 0.717) is 11.5 Å². The Morgan fingerprint density at radius 2 is 2.10 bits per heavy atom. The quantitative estimate of drug-likeness (QED) is 0.656. The number of aromatic nitrogens is 3. The second-order valence-electron chi connectivity index (χ2n) is 5.84. The number of nitrogens with one attached hydrogen (secondary N) is 1. The summed E-state index contributed by atoms with van der Waals surface area (Å²) in [5.41, 5.74) is 5.61. The van der Waals surface area contributed by atoms with Gasteiger partial charge in [0.2, 0.25) is 0 Å². The van der Waals surface area contributed by atoms with Crippen molar-refractivity contribution < 1.29 is 4.92 Å². The van der Waals surface area contributed by atoms with E-state index in [1.54, 1.807) is 6.07 Å². The Balaban J connectivity index is 2.60. The lowest BCUT2D eigenvalue weighted by atomic mass is 9.87. The standard InChI is InChI=1S/C13H17N5O3/c1-13(2,3)10(14)11-15-16-12(19)17(11)8-5-4-6-9(7-8)18(20)21/h4-7,10H,14H2,1-3H3,(H,16,19)/t10-/m1/s1. The van der Waals surface area contributed by atoms with Crippen molar-refractivity contribution in [1.82, 2.24) is 14.8 Å². The van der Waals surface area contributed by atoms with Crippen LogP contribution in [0.3, 0.4) is 0 Å². The maximum absolute atomic E-state index is 12.0. The highest BCUT2D eigenvalue weighted by atomic mass is 16.6. The molecule has 3 N–H and O–H groups in total. The molecule has 21 heavy (non-hydrogen) atoms. The molecule has 0 aliphatic carbocycles. The highest BCUT2D eigenvalue weighted by Crippen LogP contribution is 2.29. The average molecular weight is 291 g/mol. The van der Waals surface area contributed by atoms with Crippen LogP contribution < -0.4 is 11.4 Å². The van der Waals surface area contributed by atoms with Gasteiger partial charge in [0.1, 0.15) is 0 Å². The molecular formula is C13H17N5O3. The third-order valence-electron chi connectivity index (χ3n) is 3.21. The van der Waals surface area contributed by atoms with Crippen molar-refractivity contribution in [3.63, 3.8) is 0 Å². The van der Waals surface area contributed by atoms with E-state index in [2.05, 4.69) is 10.2 Å². The first-order valence-corrected chi connectivity index (χ1v) is 6.39. The number of hydrogen-bond donors (Lipinski definition) is 2. The molecule has 0 saturated carbocycles. The lowest BCUT2D eigenvalue weighted by Crippen LogP contribution is -2.30. The molecule has 0 bridgehead atoms. The van der Waals surface area contributed by atoms with Crippen LogP contribution in [-0.4, -0.2) is 19.7 Å². The Morgan fingerprint density at radius 1 is 1.43 bits per heavy atom. The van der Waals surface area contributed by atoms with Gasteiger partial charge >= 0.3 is 5.69 Å². The summed E-state index contributed by atoms with van der Waals surface area (Å²) in [6.07, 6.45) is 0. The van der Waals surface area contributed by atoms with Crippen molar-refractivity contribution >= 4 is 5.69 Å². The van der Waals surface area contributed by atoms with Gasteiger partial charge in [-0.2, -0.15) is 5.10 Å². The van der Waals surface area contributed by atoms with Gasteiger partial charge in [0.15, 0.2) is 5.82 Å². The molecule has 0 aliphatic rings. The predicted molar refractivity (Wildman–Crippen MR) is 77.2 cm³/mol. The number of rotatable bonds is 3. The number of aromatic amines is 1. The van der Waals surface area contributed by atoms with E-state index in [9.17, 15) is 14.9 Å². The second-order valence-corrected chi connectivity index (χ2v) is 5.84. The highest BCUT2D eigenvalue weighted by molar-refractivity contribution is 5.43. The normalized spacial score (nSPS) is 13.1. The van der Waals surface area contributed by atoms with Gasteiger partial charge in [0.05, 0.1) is 16.7 Å². The molecule has 0 unspecified atom stereocenters. The number of nitro groups is 1. The third kappa shape index (κ3) is 2.84. The van der Waals surface area contributed by atoms with E-state index in [4.69, 9.17) is 5.73 Å². The largest absolute Gasteiger partial charge is 0.347 e. The molecule has 0 fully saturated rings. The van der Waals surface area contributed by atoms with Crippen LogP contribution in [0.25, 0.3) is 5.69 Å². The number of H-pyrrole nitrogens is 1. The van der Waals surface area contributed by atoms with Gasteiger partial charge in [-0.1, -0.05) is 26.8 Å². The van der Waals surface area contributed by atoms with Crippen LogP contribution in [0, 0.1) is 15.5 Å². The number of nitrogens with two attached hydrogens (primary N) is 1. The number of nitro benzene ring substituents is 1. The molecule has 8 nitrogen and oxygen atoms in total. The van der Waals surface area contributed by atoms with Gasteiger partial charge in [0, 0.05) is 12.1 Å². The molecule has 0 spiro atoms. The summed E-state index contributed by atoms with van der Waals surface area (Å²) in [5, 5.41) is 17.2. The van der Waals surface area contributed by atoms with Crippen LogP contribution in [0.1, 0.15) is 32.6 Å². The summed E-state index contributed by atoms with van der Waals surface area (Å²) < 4.78 is 1.27. The van der Waals surface area contributed by atoms with E-state index in [1.165, 1.54) is 22.8 Å². The molecule has 1 heterocycles. The first-order valence-electron chi connectivity index (χ1n) is 6.39. The third-order valence-corrected chi connectivity index (χ3v) is 3.21. The van der Waals surface area contributed by atoms with Crippen molar-refractivity contribution in [3.05, 3.63) is 50.7 Å². The zero-order chi connectivity index (χ0) is 15.8. The summed E-state index contributed by atoms with van der Waals surface area (Å²) in [7, 11) is 0. The van der Waals surface area contributed by atoms with Crippen LogP contribution in [0.4, 0.5) is 5.69 Å². The maximum atomic E-state index is 12.0. The van der Waals surface area contributed by atoms with Crippen LogP contribution in [-0.2, 0) is 0 Å². The van der Waals surface area contributed by atoms with Gasteiger partial charge in [-0.05, 0) is 11.5 Å². The molecule has 112 valence electrons. The minimum Gasteiger partial charge on any atom is -0.321 e. The highest BCUT2D eigenvalue weighted by Gasteiger charge is 2.28. The summed E-state index contributed by atoms with van der Waals surface area (Å²) in [6.45, 7) is 5.78. The van der Waals surface area contributed by atoms with E-state index in [0.717, 1.165) is 0 Å². The molecule has 1 aromatic heterocycles. The summed E-state index contributed by atoms with van der Waals surface area (Å²) in [4.78, 5) is 22.3. The average Bonchev–Trinajstić information content (AvgIpc) is 2.78. The molecule has 2 rings (SSSR count). The number of benzene rings is 1. The summed E-state index contributed by atoms with van der Waals surface area (Å²) in [6, 6.07) is 5.28. The van der Waals surface area contributed by atoms with E-state index in [1.807, 2.05) is 20.8 Å². The second kappa shape index (κ2) is 5.13. The first kappa shape index (κ1) is 14.9. The summed E-state index contributed by atoms with van der Waals surface area (Å²) >= 11 is 0.